The number of hydrogen-bond donors (Lipinski definition) is 4. The van der Waals surface area contributed by atoms with E-state index in [4.69, 9.17) is 9.84 Å². The van der Waals surface area contributed by atoms with E-state index in [9.17, 15) is 24.9 Å². The molecule has 0 saturated carbocycles. The minimum atomic E-state index is -1.51. The standard InChI is InChI=1S/C12H20O8/c1-3-12(2,18)4-7(15)19-10-8(16)11(17)20-9(10)6(14)5-13/h6-7,9-10,13-15,18H,3-5H2,1-2H3/t6-,7?,9-,10?,12?/m1/s1. The highest BCUT2D eigenvalue weighted by Crippen LogP contribution is 2.23. The molecule has 0 amide bonds. The van der Waals surface area contributed by atoms with Crippen LogP contribution in [0, 0.1) is 0 Å². The Bertz CT molecular complexity index is 366. The fraction of sp³-hybridized carbons (Fsp3) is 0.833. The molecule has 1 heterocycles. The predicted octanol–water partition coefficient (Wildman–Crippen LogP) is -1.91. The highest BCUT2D eigenvalue weighted by Gasteiger charge is 2.49. The van der Waals surface area contributed by atoms with Crippen LogP contribution in [0.2, 0.25) is 0 Å². The minimum Gasteiger partial charge on any atom is -0.450 e. The second-order valence-electron chi connectivity index (χ2n) is 5.05. The highest BCUT2D eigenvalue weighted by molar-refractivity contribution is 6.37. The second kappa shape index (κ2) is 6.59. The van der Waals surface area contributed by atoms with E-state index in [1.54, 1.807) is 6.92 Å². The third kappa shape index (κ3) is 3.97. The summed E-state index contributed by atoms with van der Waals surface area (Å²) in [6.07, 6.45) is -5.71. The Hall–Kier alpha value is -1.06. The van der Waals surface area contributed by atoms with Crippen LogP contribution in [-0.2, 0) is 19.1 Å². The Morgan fingerprint density at radius 2 is 2.00 bits per heavy atom. The molecule has 1 aliphatic rings. The SMILES string of the molecule is CCC(C)(O)CC(O)OC1C(=O)C(=O)O[C@@H]1[C@H](O)CO. The van der Waals surface area contributed by atoms with Gasteiger partial charge in [-0.15, -0.1) is 0 Å². The van der Waals surface area contributed by atoms with Gasteiger partial charge in [-0.25, -0.2) is 4.79 Å². The predicted molar refractivity (Wildman–Crippen MR) is 64.4 cm³/mol. The molecule has 1 fully saturated rings. The van der Waals surface area contributed by atoms with Gasteiger partial charge in [0, 0.05) is 6.42 Å². The van der Waals surface area contributed by atoms with Gasteiger partial charge in [-0.05, 0) is 13.3 Å². The first kappa shape index (κ1) is 17.0. The Morgan fingerprint density at radius 3 is 2.50 bits per heavy atom. The average Bonchev–Trinajstić information content (AvgIpc) is 2.65. The van der Waals surface area contributed by atoms with E-state index in [1.165, 1.54) is 6.92 Å². The smallest absolute Gasteiger partial charge is 0.378 e. The van der Waals surface area contributed by atoms with Crippen LogP contribution < -0.4 is 0 Å². The number of hydrogen-bond acceptors (Lipinski definition) is 8. The van der Waals surface area contributed by atoms with Crippen molar-refractivity contribution in [1.82, 2.24) is 0 Å². The van der Waals surface area contributed by atoms with Crippen molar-refractivity contribution in [2.45, 2.75) is 56.9 Å². The topological polar surface area (TPSA) is 134 Å². The van der Waals surface area contributed by atoms with E-state index in [1.807, 2.05) is 0 Å². The molecule has 3 unspecified atom stereocenters. The molecule has 0 spiro atoms. The van der Waals surface area contributed by atoms with Crippen molar-refractivity contribution in [1.29, 1.82) is 0 Å². The number of carbonyl (C=O) groups is 2. The number of esters is 1. The quantitative estimate of drug-likeness (QED) is 0.243. The summed E-state index contributed by atoms with van der Waals surface area (Å²) in [5.41, 5.74) is -1.20. The number of aliphatic hydroxyl groups is 4. The van der Waals surface area contributed by atoms with Crippen molar-refractivity contribution >= 4 is 11.8 Å². The van der Waals surface area contributed by atoms with Crippen LogP contribution in [0.25, 0.3) is 0 Å². The summed E-state index contributed by atoms with van der Waals surface area (Å²) in [5, 5.41) is 37.8. The molecule has 8 heteroatoms. The number of cyclic esters (lactones) is 1. The number of ketones is 1. The number of carbonyl (C=O) groups excluding carboxylic acids is 2. The molecule has 1 rings (SSSR count). The van der Waals surface area contributed by atoms with Gasteiger partial charge in [-0.1, -0.05) is 6.92 Å². The van der Waals surface area contributed by atoms with Crippen LogP contribution in [0.15, 0.2) is 0 Å². The van der Waals surface area contributed by atoms with E-state index in [0.717, 1.165) is 0 Å². The maximum Gasteiger partial charge on any atom is 0.378 e. The fourth-order valence-corrected chi connectivity index (χ4v) is 1.77. The molecule has 1 saturated heterocycles. The van der Waals surface area contributed by atoms with Gasteiger partial charge >= 0.3 is 5.97 Å². The van der Waals surface area contributed by atoms with Crippen LogP contribution in [0.5, 0.6) is 0 Å². The van der Waals surface area contributed by atoms with Gasteiger partial charge in [0.1, 0.15) is 6.10 Å². The molecule has 0 aliphatic carbocycles. The van der Waals surface area contributed by atoms with Crippen molar-refractivity contribution in [3.8, 4) is 0 Å². The third-order valence-corrected chi connectivity index (χ3v) is 3.25. The molecule has 0 aromatic rings. The lowest BCUT2D eigenvalue weighted by atomic mass is 9.99. The summed E-state index contributed by atoms with van der Waals surface area (Å²) in [6.45, 7) is 2.46. The molecule has 8 nitrogen and oxygen atoms in total. The number of ether oxygens (including phenoxy) is 2. The first-order valence-corrected chi connectivity index (χ1v) is 6.31. The number of Topliss-reactive ketones (excluding diaryl/α,β-unsaturated/α-hetero) is 1. The van der Waals surface area contributed by atoms with E-state index in [2.05, 4.69) is 4.74 Å². The average molecular weight is 292 g/mol. The Labute approximate surface area is 115 Å². The molecule has 1 aliphatic heterocycles. The molecule has 5 atom stereocenters. The van der Waals surface area contributed by atoms with Crippen LogP contribution in [0.4, 0.5) is 0 Å². The summed E-state index contributed by atoms with van der Waals surface area (Å²) in [7, 11) is 0. The molecule has 4 N–H and O–H groups in total. The van der Waals surface area contributed by atoms with Crippen molar-refractivity contribution in [3.63, 3.8) is 0 Å². The third-order valence-electron chi connectivity index (χ3n) is 3.25. The van der Waals surface area contributed by atoms with E-state index in [-0.39, 0.29) is 6.42 Å². The van der Waals surface area contributed by atoms with Gasteiger partial charge in [0.2, 0.25) is 0 Å². The summed E-state index contributed by atoms with van der Waals surface area (Å²) >= 11 is 0. The van der Waals surface area contributed by atoms with Crippen molar-refractivity contribution in [2.75, 3.05) is 6.61 Å². The van der Waals surface area contributed by atoms with E-state index in [0.29, 0.717) is 6.42 Å². The maximum atomic E-state index is 11.5. The molecular weight excluding hydrogens is 272 g/mol. The molecule has 0 radical (unpaired) electrons. The van der Waals surface area contributed by atoms with Gasteiger partial charge in [-0.3, -0.25) is 4.79 Å². The maximum absolute atomic E-state index is 11.5. The lowest BCUT2D eigenvalue weighted by Gasteiger charge is -2.27. The van der Waals surface area contributed by atoms with Crippen molar-refractivity contribution in [2.24, 2.45) is 0 Å². The van der Waals surface area contributed by atoms with Gasteiger partial charge in [0.05, 0.1) is 12.2 Å². The lowest BCUT2D eigenvalue weighted by molar-refractivity contribution is -0.190. The second-order valence-corrected chi connectivity index (χ2v) is 5.05. The Morgan fingerprint density at radius 1 is 1.40 bits per heavy atom. The molecule has 0 aromatic carbocycles. The molecule has 0 aromatic heterocycles. The van der Waals surface area contributed by atoms with Crippen LogP contribution in [-0.4, -0.2) is 69.0 Å². The van der Waals surface area contributed by atoms with Gasteiger partial charge in [-0.2, -0.15) is 0 Å². The summed E-state index contributed by atoms with van der Waals surface area (Å²) < 4.78 is 9.60. The Balaban J connectivity index is 2.72. The largest absolute Gasteiger partial charge is 0.450 e. The highest BCUT2D eigenvalue weighted by atomic mass is 16.6. The first-order valence-electron chi connectivity index (χ1n) is 6.31. The van der Waals surface area contributed by atoms with Gasteiger partial charge in [0.25, 0.3) is 5.78 Å². The molecule has 20 heavy (non-hydrogen) atoms. The first-order chi connectivity index (χ1) is 9.21. The van der Waals surface area contributed by atoms with Gasteiger partial charge < -0.3 is 29.9 Å². The molecule has 116 valence electrons. The van der Waals surface area contributed by atoms with Gasteiger partial charge in [0.15, 0.2) is 18.5 Å². The van der Waals surface area contributed by atoms with E-state index >= 15 is 0 Å². The monoisotopic (exact) mass is 292 g/mol. The molecule has 0 bridgehead atoms. The van der Waals surface area contributed by atoms with Crippen LogP contribution in [0.3, 0.4) is 0 Å². The normalized spacial score (nSPS) is 28.9. The summed E-state index contributed by atoms with van der Waals surface area (Å²) in [4.78, 5) is 22.7. The van der Waals surface area contributed by atoms with Crippen LogP contribution in [0.1, 0.15) is 26.7 Å². The fourth-order valence-electron chi connectivity index (χ4n) is 1.77. The van der Waals surface area contributed by atoms with Crippen molar-refractivity contribution < 1.29 is 39.5 Å². The minimum absolute atomic E-state index is 0.177. The Kier molecular flexibility index (Phi) is 5.60. The van der Waals surface area contributed by atoms with Crippen LogP contribution >= 0.6 is 0 Å². The summed E-state index contributed by atoms with van der Waals surface area (Å²) in [5.74, 6) is -2.24. The molecular formula is C12H20O8. The lowest BCUT2D eigenvalue weighted by Crippen LogP contribution is -2.44. The number of aliphatic hydroxyl groups excluding tert-OH is 3. The summed E-state index contributed by atoms with van der Waals surface area (Å²) in [6, 6.07) is 0. The zero-order valence-corrected chi connectivity index (χ0v) is 11.4. The zero-order valence-electron chi connectivity index (χ0n) is 11.4. The van der Waals surface area contributed by atoms with E-state index < -0.39 is 48.6 Å². The zero-order chi connectivity index (χ0) is 15.5. The van der Waals surface area contributed by atoms with Crippen molar-refractivity contribution in [3.05, 3.63) is 0 Å². The number of rotatable bonds is 7.